The number of nitriles is 1. The molecule has 6 nitrogen and oxygen atoms in total. The van der Waals surface area contributed by atoms with E-state index in [4.69, 9.17) is 5.26 Å². The summed E-state index contributed by atoms with van der Waals surface area (Å²) in [5, 5.41) is 9.10. The zero-order valence-electron chi connectivity index (χ0n) is 13.2. The second kappa shape index (κ2) is 8.33. The van der Waals surface area contributed by atoms with E-state index in [1.165, 1.54) is 28.2 Å². The number of benzene rings is 1. The zero-order valence-corrected chi connectivity index (χ0v) is 14.9. The van der Waals surface area contributed by atoms with E-state index in [1.807, 2.05) is 6.07 Å². The molecule has 1 amide bonds. The molecule has 1 fully saturated rings. The molecule has 128 valence electrons. The number of piperazine rings is 1. The molecule has 0 atom stereocenters. The van der Waals surface area contributed by atoms with Crippen molar-refractivity contribution in [3.05, 3.63) is 42.5 Å². The van der Waals surface area contributed by atoms with Crippen LogP contribution in [0.4, 0.5) is 0 Å². The van der Waals surface area contributed by atoms with Crippen LogP contribution in [0.2, 0.25) is 0 Å². The molecule has 0 N–H and O–H groups in total. The third-order valence-corrected chi connectivity index (χ3v) is 6.56. The van der Waals surface area contributed by atoms with Gasteiger partial charge in [-0.3, -0.25) is 4.79 Å². The van der Waals surface area contributed by atoms with Gasteiger partial charge in [-0.15, -0.1) is 18.3 Å². The average molecular weight is 365 g/mol. The standard InChI is InChI=1S/C16H19N3O3S2/c1-2-11-23-13-16(20)18-7-9-19(10-8-18)24(21,22)15-6-4-3-5-14(15)12-17/h2-6H,1,7-11,13H2. The van der Waals surface area contributed by atoms with Crippen molar-refractivity contribution in [2.24, 2.45) is 0 Å². The molecule has 0 unspecified atom stereocenters. The maximum absolute atomic E-state index is 12.7. The Morgan fingerprint density at radius 2 is 1.96 bits per heavy atom. The third kappa shape index (κ3) is 4.17. The van der Waals surface area contributed by atoms with Gasteiger partial charge in [0.15, 0.2) is 0 Å². The lowest BCUT2D eigenvalue weighted by Gasteiger charge is -2.34. The van der Waals surface area contributed by atoms with Crippen LogP contribution >= 0.6 is 11.8 Å². The molecular formula is C16H19N3O3S2. The Bertz CT molecular complexity index is 748. The first-order valence-corrected chi connectivity index (χ1v) is 10.1. The summed E-state index contributed by atoms with van der Waals surface area (Å²) in [6.07, 6.45) is 1.75. The summed E-state index contributed by atoms with van der Waals surface area (Å²) < 4.78 is 26.8. The molecule has 0 aliphatic carbocycles. The van der Waals surface area contributed by atoms with Gasteiger partial charge in [0.1, 0.15) is 6.07 Å². The van der Waals surface area contributed by atoms with E-state index in [2.05, 4.69) is 6.58 Å². The lowest BCUT2D eigenvalue weighted by molar-refractivity contribution is -0.129. The Hall–Kier alpha value is -1.82. The Balaban J connectivity index is 2.02. The number of hydrogen-bond acceptors (Lipinski definition) is 5. The smallest absolute Gasteiger partial charge is 0.244 e. The van der Waals surface area contributed by atoms with Crippen LogP contribution in [0.5, 0.6) is 0 Å². The molecule has 0 aromatic heterocycles. The van der Waals surface area contributed by atoms with Crippen molar-refractivity contribution in [3.8, 4) is 6.07 Å². The number of thioether (sulfide) groups is 1. The fraction of sp³-hybridized carbons (Fsp3) is 0.375. The van der Waals surface area contributed by atoms with E-state index >= 15 is 0 Å². The van der Waals surface area contributed by atoms with Crippen LogP contribution in [-0.4, -0.2) is 61.2 Å². The van der Waals surface area contributed by atoms with Crippen LogP contribution in [0.15, 0.2) is 41.8 Å². The van der Waals surface area contributed by atoms with Gasteiger partial charge in [0.2, 0.25) is 15.9 Å². The Morgan fingerprint density at radius 3 is 2.58 bits per heavy atom. The van der Waals surface area contributed by atoms with Crippen LogP contribution < -0.4 is 0 Å². The summed E-state index contributed by atoms with van der Waals surface area (Å²) >= 11 is 1.49. The maximum Gasteiger partial charge on any atom is 0.244 e. The molecule has 1 aromatic carbocycles. The van der Waals surface area contributed by atoms with Crippen molar-refractivity contribution >= 4 is 27.7 Å². The van der Waals surface area contributed by atoms with Gasteiger partial charge in [-0.1, -0.05) is 18.2 Å². The summed E-state index contributed by atoms with van der Waals surface area (Å²) in [4.78, 5) is 13.8. The van der Waals surface area contributed by atoms with Crippen LogP contribution in [0.1, 0.15) is 5.56 Å². The Kier molecular flexibility index (Phi) is 6.43. The zero-order chi connectivity index (χ0) is 17.6. The third-order valence-electron chi connectivity index (χ3n) is 3.68. The van der Waals surface area contributed by atoms with Crippen LogP contribution in [-0.2, 0) is 14.8 Å². The van der Waals surface area contributed by atoms with E-state index in [0.29, 0.717) is 24.6 Å². The van der Waals surface area contributed by atoms with Crippen molar-refractivity contribution < 1.29 is 13.2 Å². The molecule has 24 heavy (non-hydrogen) atoms. The monoisotopic (exact) mass is 365 g/mol. The number of rotatable bonds is 6. The lowest BCUT2D eigenvalue weighted by atomic mass is 10.2. The number of nitrogens with zero attached hydrogens (tertiary/aromatic N) is 3. The molecule has 8 heteroatoms. The van der Waals surface area contributed by atoms with E-state index in [9.17, 15) is 13.2 Å². The second-order valence-corrected chi connectivity index (χ2v) is 8.13. The molecule has 0 radical (unpaired) electrons. The minimum Gasteiger partial charge on any atom is -0.339 e. The molecule has 1 aliphatic rings. The van der Waals surface area contributed by atoms with Crippen LogP contribution in [0.25, 0.3) is 0 Å². The maximum atomic E-state index is 12.7. The largest absolute Gasteiger partial charge is 0.339 e. The summed E-state index contributed by atoms with van der Waals surface area (Å²) in [6, 6.07) is 8.08. The molecule has 1 aliphatic heterocycles. The summed E-state index contributed by atoms with van der Waals surface area (Å²) in [7, 11) is -3.72. The predicted molar refractivity (Wildman–Crippen MR) is 94.0 cm³/mol. The molecule has 2 rings (SSSR count). The highest BCUT2D eigenvalue weighted by molar-refractivity contribution is 8.00. The topological polar surface area (TPSA) is 81.5 Å². The highest BCUT2D eigenvalue weighted by atomic mass is 32.2. The highest BCUT2D eigenvalue weighted by Crippen LogP contribution is 2.21. The number of amides is 1. The Labute approximate surface area is 146 Å². The number of carbonyl (C=O) groups is 1. The first kappa shape index (κ1) is 18.5. The molecule has 0 spiro atoms. The van der Waals surface area contributed by atoms with Crippen molar-refractivity contribution in [3.63, 3.8) is 0 Å². The Morgan fingerprint density at radius 1 is 1.29 bits per heavy atom. The van der Waals surface area contributed by atoms with Gasteiger partial charge in [0.05, 0.1) is 16.2 Å². The van der Waals surface area contributed by atoms with Gasteiger partial charge in [-0.05, 0) is 12.1 Å². The van der Waals surface area contributed by atoms with Crippen LogP contribution in [0.3, 0.4) is 0 Å². The molecule has 0 bridgehead atoms. The summed E-state index contributed by atoms with van der Waals surface area (Å²) in [6.45, 7) is 4.81. The molecule has 1 heterocycles. The first-order chi connectivity index (χ1) is 11.5. The van der Waals surface area contributed by atoms with Gasteiger partial charge in [-0.25, -0.2) is 8.42 Å². The SMILES string of the molecule is C=CCSCC(=O)N1CCN(S(=O)(=O)c2ccccc2C#N)CC1. The average Bonchev–Trinajstić information content (AvgIpc) is 2.62. The second-order valence-electron chi connectivity index (χ2n) is 5.20. The van der Waals surface area contributed by atoms with Gasteiger partial charge in [-0.2, -0.15) is 9.57 Å². The van der Waals surface area contributed by atoms with E-state index in [-0.39, 0.29) is 29.5 Å². The summed E-state index contributed by atoms with van der Waals surface area (Å²) in [5.41, 5.74) is 0.136. The number of carbonyl (C=O) groups excluding carboxylic acids is 1. The van der Waals surface area contributed by atoms with Crippen molar-refractivity contribution in [1.29, 1.82) is 5.26 Å². The first-order valence-electron chi connectivity index (χ1n) is 7.46. The van der Waals surface area contributed by atoms with Gasteiger partial charge in [0, 0.05) is 31.9 Å². The predicted octanol–water partition coefficient (Wildman–Crippen LogP) is 1.31. The summed E-state index contributed by atoms with van der Waals surface area (Å²) in [5.74, 6) is 1.09. The minimum atomic E-state index is -3.72. The molecule has 0 saturated carbocycles. The molecular weight excluding hydrogens is 346 g/mol. The van der Waals surface area contributed by atoms with Crippen molar-refractivity contribution in [1.82, 2.24) is 9.21 Å². The van der Waals surface area contributed by atoms with Gasteiger partial charge < -0.3 is 4.90 Å². The van der Waals surface area contributed by atoms with E-state index in [1.54, 1.807) is 23.1 Å². The minimum absolute atomic E-state index is 0.0105. The molecule has 1 saturated heterocycles. The quantitative estimate of drug-likeness (QED) is 0.561. The van der Waals surface area contributed by atoms with Gasteiger partial charge >= 0.3 is 0 Å². The van der Waals surface area contributed by atoms with Crippen molar-refractivity contribution in [2.45, 2.75) is 4.90 Å². The van der Waals surface area contributed by atoms with Crippen LogP contribution in [0, 0.1) is 11.3 Å². The van der Waals surface area contributed by atoms with Crippen molar-refractivity contribution in [2.75, 3.05) is 37.7 Å². The fourth-order valence-electron chi connectivity index (χ4n) is 2.42. The number of sulfonamides is 1. The normalized spacial score (nSPS) is 15.7. The van der Waals surface area contributed by atoms with E-state index in [0.717, 1.165) is 0 Å². The highest BCUT2D eigenvalue weighted by Gasteiger charge is 2.31. The number of hydrogen-bond donors (Lipinski definition) is 0. The fourth-order valence-corrected chi connectivity index (χ4v) is 4.63. The molecule has 1 aromatic rings. The van der Waals surface area contributed by atoms with E-state index < -0.39 is 10.0 Å². The van der Waals surface area contributed by atoms with Gasteiger partial charge in [0.25, 0.3) is 0 Å². The lowest BCUT2D eigenvalue weighted by Crippen LogP contribution is -2.51.